The molecule has 0 aromatic rings. The molecule has 0 aromatic heterocycles. The lowest BCUT2D eigenvalue weighted by atomic mass is 10.5. The van der Waals surface area contributed by atoms with Gasteiger partial charge in [0.1, 0.15) is 0 Å². The van der Waals surface area contributed by atoms with Crippen molar-refractivity contribution in [3.05, 3.63) is 0 Å². The molecule has 6 heteroatoms. The second kappa shape index (κ2) is 9.64. The lowest BCUT2D eigenvalue weighted by Crippen LogP contribution is -1.93. The Labute approximate surface area is 75.4 Å². The van der Waals surface area contributed by atoms with E-state index in [4.69, 9.17) is 10.2 Å². The van der Waals surface area contributed by atoms with Crippen LogP contribution in [-0.2, 0) is 9.59 Å². The Balaban J connectivity index is 0. The van der Waals surface area contributed by atoms with Crippen molar-refractivity contribution in [1.82, 2.24) is 0 Å². The molecule has 4 nitrogen and oxygen atoms in total. The highest BCUT2D eigenvalue weighted by Gasteiger charge is 1.88. The van der Waals surface area contributed by atoms with E-state index in [0.29, 0.717) is 5.75 Å². The zero-order chi connectivity index (χ0) is 9.28. The van der Waals surface area contributed by atoms with Crippen LogP contribution in [0.2, 0.25) is 0 Å². The summed E-state index contributed by atoms with van der Waals surface area (Å²) in [7, 11) is 0. The van der Waals surface area contributed by atoms with Crippen LogP contribution < -0.4 is 0 Å². The molecule has 0 saturated heterocycles. The first-order chi connectivity index (χ1) is 5.04. The quantitative estimate of drug-likeness (QED) is 0.495. The highest BCUT2D eigenvalue weighted by atomic mass is 32.1. The third-order valence-corrected chi connectivity index (χ3v) is 0.955. The lowest BCUT2D eigenvalue weighted by Gasteiger charge is -1.79. The molecule has 0 aliphatic heterocycles. The summed E-state index contributed by atoms with van der Waals surface area (Å²) < 4.78 is 0. The first kappa shape index (κ1) is 13.2. The van der Waals surface area contributed by atoms with Crippen molar-refractivity contribution in [2.24, 2.45) is 0 Å². The Morgan fingerprint density at radius 2 is 1.45 bits per heavy atom. The van der Waals surface area contributed by atoms with Crippen molar-refractivity contribution < 1.29 is 19.8 Å². The van der Waals surface area contributed by atoms with E-state index >= 15 is 0 Å². The monoisotopic (exact) mass is 198 g/mol. The molecule has 0 aliphatic carbocycles. The van der Waals surface area contributed by atoms with E-state index in [2.05, 4.69) is 25.3 Å². The van der Waals surface area contributed by atoms with Crippen LogP contribution in [0.4, 0.5) is 0 Å². The van der Waals surface area contributed by atoms with Gasteiger partial charge in [-0.05, 0) is 0 Å². The third kappa shape index (κ3) is 26.1. The Kier molecular flexibility index (Phi) is 11.6. The zero-order valence-electron chi connectivity index (χ0n) is 5.73. The van der Waals surface area contributed by atoms with Gasteiger partial charge in [0, 0.05) is 5.75 Å². The molecule has 0 atom stereocenters. The van der Waals surface area contributed by atoms with Gasteiger partial charge < -0.3 is 10.2 Å². The molecule has 2 N–H and O–H groups in total. The average Bonchev–Trinajstić information content (AvgIpc) is 1.89. The molecule has 0 heterocycles. The van der Waals surface area contributed by atoms with Crippen molar-refractivity contribution in [3.8, 4) is 0 Å². The molecule has 0 amide bonds. The minimum atomic E-state index is -0.881. The number of hydrogen-bond acceptors (Lipinski definition) is 4. The molecule has 0 spiro atoms. The third-order valence-electron chi connectivity index (χ3n) is 0.461. The molecular formula is C5H10O4S2. The van der Waals surface area contributed by atoms with Gasteiger partial charge in [-0.1, -0.05) is 0 Å². The van der Waals surface area contributed by atoms with Gasteiger partial charge in [0.15, 0.2) is 0 Å². The highest BCUT2D eigenvalue weighted by molar-refractivity contribution is 7.81. The number of hydrogen-bond donors (Lipinski definition) is 4. The molecule has 0 aliphatic rings. The van der Waals surface area contributed by atoms with Crippen LogP contribution >= 0.6 is 25.3 Å². The van der Waals surface area contributed by atoms with Crippen LogP contribution in [0.5, 0.6) is 0 Å². The Morgan fingerprint density at radius 1 is 1.09 bits per heavy atom. The molecule has 0 rings (SSSR count). The average molecular weight is 198 g/mol. The maximum Gasteiger partial charge on any atom is 0.313 e. The fraction of sp³-hybridized carbons (Fsp3) is 0.600. The van der Waals surface area contributed by atoms with Crippen molar-refractivity contribution in [1.29, 1.82) is 0 Å². The van der Waals surface area contributed by atoms with Crippen LogP contribution in [0.25, 0.3) is 0 Å². The van der Waals surface area contributed by atoms with Gasteiger partial charge in [-0.2, -0.15) is 25.3 Å². The predicted molar refractivity (Wildman–Crippen MR) is 47.6 cm³/mol. The summed E-state index contributed by atoms with van der Waals surface area (Å²) in [6.07, 6.45) is 0.156. The molecule has 0 bridgehead atoms. The predicted octanol–water partition coefficient (Wildman–Crippen LogP) is 0.392. The maximum atomic E-state index is 9.55. The van der Waals surface area contributed by atoms with E-state index in [9.17, 15) is 9.59 Å². The standard InChI is InChI=1S/C3H6O2S.C2H4O2S/c4-3(5)1-2-6;3-2(4)1-5/h6H,1-2H2,(H,4,5);5H,1H2,(H,3,4). The van der Waals surface area contributed by atoms with Gasteiger partial charge in [0.05, 0.1) is 12.2 Å². The Bertz CT molecular complexity index is 126. The number of carbonyl (C=O) groups is 2. The Morgan fingerprint density at radius 3 is 1.45 bits per heavy atom. The van der Waals surface area contributed by atoms with Crippen LogP contribution in [0.1, 0.15) is 6.42 Å². The van der Waals surface area contributed by atoms with Crippen molar-refractivity contribution in [2.45, 2.75) is 6.42 Å². The minimum absolute atomic E-state index is 0.0833. The largest absolute Gasteiger partial charge is 0.481 e. The molecule has 0 radical (unpaired) electrons. The number of rotatable bonds is 3. The second-order valence-corrected chi connectivity index (χ2v) is 2.18. The van der Waals surface area contributed by atoms with E-state index in [1.54, 1.807) is 0 Å². The number of aliphatic carboxylic acids is 2. The van der Waals surface area contributed by atoms with Gasteiger partial charge in [-0.25, -0.2) is 0 Å². The van der Waals surface area contributed by atoms with Crippen molar-refractivity contribution >= 4 is 37.2 Å². The van der Waals surface area contributed by atoms with Crippen LogP contribution in [0.15, 0.2) is 0 Å². The summed E-state index contributed by atoms with van der Waals surface area (Å²) in [6.45, 7) is 0. The maximum absolute atomic E-state index is 9.55. The lowest BCUT2D eigenvalue weighted by molar-refractivity contribution is -0.136. The molecule has 11 heavy (non-hydrogen) atoms. The van der Waals surface area contributed by atoms with E-state index < -0.39 is 11.9 Å². The van der Waals surface area contributed by atoms with Gasteiger partial charge in [-0.15, -0.1) is 0 Å². The van der Waals surface area contributed by atoms with Crippen LogP contribution in [0, 0.1) is 0 Å². The first-order valence-corrected chi connectivity index (χ1v) is 3.96. The smallest absolute Gasteiger partial charge is 0.313 e. The molecule has 0 aromatic carbocycles. The summed E-state index contributed by atoms with van der Waals surface area (Å²) in [5.41, 5.74) is 0. The molecule has 66 valence electrons. The first-order valence-electron chi connectivity index (χ1n) is 2.70. The van der Waals surface area contributed by atoms with E-state index in [1.165, 1.54) is 0 Å². The number of carboxylic acid groups (broad SMARTS) is 2. The minimum Gasteiger partial charge on any atom is -0.481 e. The summed E-state index contributed by atoms with van der Waals surface area (Å²) in [4.78, 5) is 18.8. The fourth-order valence-corrected chi connectivity index (χ4v) is 0.287. The summed E-state index contributed by atoms with van der Waals surface area (Å²) in [5.74, 6) is -1.33. The van der Waals surface area contributed by atoms with Gasteiger partial charge in [-0.3, -0.25) is 9.59 Å². The van der Waals surface area contributed by atoms with Crippen LogP contribution in [-0.4, -0.2) is 33.7 Å². The second-order valence-electron chi connectivity index (χ2n) is 1.42. The Hall–Kier alpha value is -0.360. The number of thiol groups is 2. The molecule has 0 unspecified atom stereocenters. The van der Waals surface area contributed by atoms with E-state index in [0.717, 1.165) is 0 Å². The SMILES string of the molecule is O=C(O)CCS.O=C(O)CS. The normalized spacial score (nSPS) is 7.82. The zero-order valence-corrected chi connectivity index (χ0v) is 7.52. The summed E-state index contributed by atoms with van der Waals surface area (Å²) in [5, 5.41) is 15.5. The highest BCUT2D eigenvalue weighted by Crippen LogP contribution is 1.79. The topological polar surface area (TPSA) is 74.6 Å². The van der Waals surface area contributed by atoms with Crippen LogP contribution in [0.3, 0.4) is 0 Å². The van der Waals surface area contributed by atoms with Gasteiger partial charge in [0.25, 0.3) is 0 Å². The molecule has 0 saturated carbocycles. The van der Waals surface area contributed by atoms with E-state index in [-0.39, 0.29) is 12.2 Å². The summed E-state index contributed by atoms with van der Waals surface area (Å²) >= 11 is 7.10. The molecule has 0 fully saturated rings. The van der Waals surface area contributed by atoms with E-state index in [1.807, 2.05) is 0 Å². The van der Waals surface area contributed by atoms with Crippen molar-refractivity contribution in [2.75, 3.05) is 11.5 Å². The van der Waals surface area contributed by atoms with Gasteiger partial charge in [0.2, 0.25) is 0 Å². The summed E-state index contributed by atoms with van der Waals surface area (Å²) in [6, 6.07) is 0. The molecular weight excluding hydrogens is 188 g/mol. The van der Waals surface area contributed by atoms with Gasteiger partial charge >= 0.3 is 11.9 Å². The van der Waals surface area contributed by atoms with Crippen molar-refractivity contribution in [3.63, 3.8) is 0 Å². The number of carboxylic acids is 2. The fourth-order valence-electron chi connectivity index (χ4n) is 0.0956.